The third kappa shape index (κ3) is 3.54. The molecule has 1 aromatic rings. The number of likely N-dealkylation sites (tertiary alicyclic amines) is 1. The Bertz CT molecular complexity index is 718. The molecule has 7 heteroatoms. The van der Waals surface area contributed by atoms with E-state index in [-0.39, 0.29) is 35.9 Å². The molecule has 6 nitrogen and oxygen atoms in total. The Morgan fingerprint density at radius 1 is 1.00 bits per heavy atom. The third-order valence-electron chi connectivity index (χ3n) is 5.80. The van der Waals surface area contributed by atoms with Gasteiger partial charge in [0.1, 0.15) is 0 Å². The van der Waals surface area contributed by atoms with Crippen molar-refractivity contribution >= 4 is 34.1 Å². The summed E-state index contributed by atoms with van der Waals surface area (Å²) in [5, 5.41) is 3.36. The summed E-state index contributed by atoms with van der Waals surface area (Å²) in [6.45, 7) is 1.60. The molecule has 0 bridgehead atoms. The summed E-state index contributed by atoms with van der Waals surface area (Å²) in [7, 11) is 0. The van der Waals surface area contributed by atoms with E-state index in [0.29, 0.717) is 22.1 Å². The molecule has 1 aromatic heterocycles. The summed E-state index contributed by atoms with van der Waals surface area (Å²) in [4.78, 5) is 44.5. The first-order chi connectivity index (χ1) is 12.6. The Kier molecular flexibility index (Phi) is 5.07. The van der Waals surface area contributed by atoms with Gasteiger partial charge >= 0.3 is 0 Å². The van der Waals surface area contributed by atoms with Crippen LogP contribution < -0.4 is 5.32 Å². The normalized spacial score (nSPS) is 23.8. The average molecular weight is 375 g/mol. The number of anilines is 1. The van der Waals surface area contributed by atoms with E-state index in [9.17, 15) is 14.4 Å². The van der Waals surface area contributed by atoms with E-state index in [0.717, 1.165) is 45.2 Å². The molecule has 2 heterocycles. The quantitative estimate of drug-likeness (QED) is 0.881. The summed E-state index contributed by atoms with van der Waals surface area (Å²) in [5.74, 6) is -0.124. The van der Waals surface area contributed by atoms with Gasteiger partial charge in [-0.2, -0.15) is 0 Å². The van der Waals surface area contributed by atoms with E-state index >= 15 is 0 Å². The Hall–Kier alpha value is -1.76. The van der Waals surface area contributed by atoms with Gasteiger partial charge in [-0.1, -0.05) is 30.6 Å². The molecule has 2 aliphatic carbocycles. The highest BCUT2D eigenvalue weighted by Gasteiger charge is 2.35. The maximum atomic E-state index is 12.9. The second kappa shape index (κ2) is 7.47. The number of hydrogen-bond acceptors (Lipinski definition) is 5. The number of thiazole rings is 1. The highest BCUT2D eigenvalue weighted by atomic mass is 32.1. The molecule has 1 aliphatic heterocycles. The minimum atomic E-state index is -0.301. The van der Waals surface area contributed by atoms with Crippen molar-refractivity contribution in [1.82, 2.24) is 9.88 Å². The van der Waals surface area contributed by atoms with Gasteiger partial charge in [0.15, 0.2) is 10.9 Å². The summed E-state index contributed by atoms with van der Waals surface area (Å²) in [6, 6.07) is 0. The smallest absolute Gasteiger partial charge is 0.229 e. The summed E-state index contributed by atoms with van der Waals surface area (Å²) in [6.07, 6.45) is 8.18. The predicted octanol–water partition coefficient (Wildman–Crippen LogP) is 3.03. The van der Waals surface area contributed by atoms with Gasteiger partial charge < -0.3 is 10.2 Å². The van der Waals surface area contributed by atoms with Crippen molar-refractivity contribution in [2.24, 2.45) is 11.8 Å². The zero-order chi connectivity index (χ0) is 18.1. The van der Waals surface area contributed by atoms with Gasteiger partial charge in [0.25, 0.3) is 0 Å². The summed E-state index contributed by atoms with van der Waals surface area (Å²) in [5.41, 5.74) is 0.684. The van der Waals surface area contributed by atoms with Crippen LogP contribution in [0.15, 0.2) is 0 Å². The standard InChI is InChI=1S/C19H25N3O3S/c23-15-11-13(18(25)22-8-3-1-2-4-9-22)10-14-16(15)26-19(20-14)21-17(24)12-6-5-7-12/h12-13H,1-11H2,(H,20,21,24)/t13-/m0/s1. The van der Waals surface area contributed by atoms with Crippen LogP contribution in [-0.4, -0.2) is 40.6 Å². The van der Waals surface area contributed by atoms with Crippen LogP contribution in [0.3, 0.4) is 0 Å². The van der Waals surface area contributed by atoms with Gasteiger partial charge in [-0.15, -0.1) is 0 Å². The summed E-state index contributed by atoms with van der Waals surface area (Å²) >= 11 is 1.26. The number of nitrogens with one attached hydrogen (secondary N) is 1. The van der Waals surface area contributed by atoms with Crippen molar-refractivity contribution in [3.8, 4) is 0 Å². The van der Waals surface area contributed by atoms with E-state index in [4.69, 9.17) is 0 Å². The van der Waals surface area contributed by atoms with Crippen LogP contribution in [0.5, 0.6) is 0 Å². The summed E-state index contributed by atoms with van der Waals surface area (Å²) < 4.78 is 0. The minimum Gasteiger partial charge on any atom is -0.342 e. The molecule has 2 amide bonds. The fraction of sp³-hybridized carbons (Fsp3) is 0.684. The van der Waals surface area contributed by atoms with Crippen molar-refractivity contribution < 1.29 is 14.4 Å². The largest absolute Gasteiger partial charge is 0.342 e. The molecule has 3 aliphatic rings. The van der Waals surface area contributed by atoms with Gasteiger partial charge in [0.05, 0.1) is 16.5 Å². The molecular formula is C19H25N3O3S. The Morgan fingerprint density at radius 2 is 1.73 bits per heavy atom. The van der Waals surface area contributed by atoms with E-state index < -0.39 is 0 Å². The number of amides is 2. The number of hydrogen-bond donors (Lipinski definition) is 1. The third-order valence-corrected chi connectivity index (χ3v) is 6.85. The molecule has 1 saturated heterocycles. The van der Waals surface area contributed by atoms with Gasteiger partial charge in [-0.25, -0.2) is 4.98 Å². The fourth-order valence-corrected chi connectivity index (χ4v) is 4.93. The maximum Gasteiger partial charge on any atom is 0.229 e. The molecule has 0 radical (unpaired) electrons. The first kappa shape index (κ1) is 17.6. The van der Waals surface area contributed by atoms with Gasteiger partial charge in [-0.3, -0.25) is 14.4 Å². The average Bonchev–Trinajstić information content (AvgIpc) is 2.78. The number of carbonyl (C=O) groups is 3. The number of nitrogens with zero attached hydrogens (tertiary/aromatic N) is 2. The first-order valence-corrected chi connectivity index (χ1v) is 10.6. The fourth-order valence-electron chi connectivity index (χ4n) is 3.99. The van der Waals surface area contributed by atoms with Crippen molar-refractivity contribution in [2.75, 3.05) is 18.4 Å². The van der Waals surface area contributed by atoms with Crippen LogP contribution in [0.2, 0.25) is 0 Å². The lowest BCUT2D eigenvalue weighted by atomic mass is 9.85. The van der Waals surface area contributed by atoms with Crippen molar-refractivity contribution in [1.29, 1.82) is 0 Å². The second-order valence-electron chi connectivity index (χ2n) is 7.68. The van der Waals surface area contributed by atoms with Crippen LogP contribution in [0, 0.1) is 11.8 Å². The lowest BCUT2D eigenvalue weighted by molar-refractivity contribution is -0.135. The molecule has 26 heavy (non-hydrogen) atoms. The molecule has 0 aromatic carbocycles. The molecule has 1 saturated carbocycles. The number of Topliss-reactive ketones (excluding diaryl/α,β-unsaturated/α-hetero) is 1. The van der Waals surface area contributed by atoms with Crippen molar-refractivity contribution in [2.45, 2.75) is 57.8 Å². The van der Waals surface area contributed by atoms with Crippen LogP contribution >= 0.6 is 11.3 Å². The van der Waals surface area contributed by atoms with E-state index in [1.165, 1.54) is 24.2 Å². The molecule has 140 valence electrons. The number of ketones is 1. The van der Waals surface area contributed by atoms with Crippen molar-refractivity contribution in [3.05, 3.63) is 10.6 Å². The number of carbonyl (C=O) groups excluding carboxylic acids is 3. The van der Waals surface area contributed by atoms with Gasteiger partial charge in [0.2, 0.25) is 11.8 Å². The second-order valence-corrected chi connectivity index (χ2v) is 8.68. The Balaban J connectivity index is 1.44. The Morgan fingerprint density at radius 3 is 2.38 bits per heavy atom. The molecule has 4 rings (SSSR count). The zero-order valence-electron chi connectivity index (χ0n) is 15.0. The number of aromatic nitrogens is 1. The maximum absolute atomic E-state index is 12.9. The molecular weight excluding hydrogens is 350 g/mol. The lowest BCUT2D eigenvalue weighted by Crippen LogP contribution is -2.40. The lowest BCUT2D eigenvalue weighted by Gasteiger charge is -2.27. The molecule has 0 unspecified atom stereocenters. The van der Waals surface area contributed by atoms with Crippen LogP contribution in [-0.2, 0) is 16.0 Å². The molecule has 2 fully saturated rings. The highest BCUT2D eigenvalue weighted by molar-refractivity contribution is 7.17. The van der Waals surface area contributed by atoms with E-state index in [1.54, 1.807) is 0 Å². The monoisotopic (exact) mass is 375 g/mol. The van der Waals surface area contributed by atoms with Crippen molar-refractivity contribution in [3.63, 3.8) is 0 Å². The molecule has 0 spiro atoms. The Labute approximate surface area is 157 Å². The van der Waals surface area contributed by atoms with E-state index in [1.807, 2.05) is 4.90 Å². The highest BCUT2D eigenvalue weighted by Crippen LogP contribution is 2.34. The number of fused-ring (bicyclic) bond motifs is 1. The van der Waals surface area contributed by atoms with Crippen LogP contribution in [0.4, 0.5) is 5.13 Å². The van der Waals surface area contributed by atoms with E-state index in [2.05, 4.69) is 10.3 Å². The minimum absolute atomic E-state index is 0.00647. The first-order valence-electron chi connectivity index (χ1n) is 9.74. The zero-order valence-corrected chi connectivity index (χ0v) is 15.8. The van der Waals surface area contributed by atoms with Crippen LogP contribution in [0.25, 0.3) is 0 Å². The number of rotatable bonds is 3. The SMILES string of the molecule is O=C1C[C@@H](C(=O)N2CCCCCC2)Cc2nc(NC(=O)C3CCC3)sc21. The molecule has 1 N–H and O–H groups in total. The predicted molar refractivity (Wildman–Crippen MR) is 99.3 cm³/mol. The van der Waals surface area contributed by atoms with Gasteiger partial charge in [-0.05, 0) is 25.7 Å². The molecule has 1 atom stereocenters. The topological polar surface area (TPSA) is 79.4 Å². The van der Waals surface area contributed by atoms with Crippen LogP contribution in [0.1, 0.15) is 66.7 Å². The van der Waals surface area contributed by atoms with Gasteiger partial charge in [0, 0.05) is 31.8 Å².